The van der Waals surface area contributed by atoms with Crippen LogP contribution in [0.4, 0.5) is 0 Å². The summed E-state index contributed by atoms with van der Waals surface area (Å²) < 4.78 is 0. The first-order valence-electron chi connectivity index (χ1n) is 8.31. The summed E-state index contributed by atoms with van der Waals surface area (Å²) in [4.78, 5) is 54.9. The monoisotopic (exact) mass is 398 g/mol. The second kappa shape index (κ2) is 7.32. The molecule has 0 bridgehead atoms. The molecule has 8 nitrogen and oxygen atoms in total. The summed E-state index contributed by atoms with van der Waals surface area (Å²) in [6, 6.07) is 0. The Kier molecular flexibility index (Phi) is 5.29. The van der Waals surface area contributed by atoms with Crippen molar-refractivity contribution in [3.05, 3.63) is 15.5 Å². The Labute approximate surface area is 159 Å². The molecule has 1 unspecified atom stereocenters. The summed E-state index contributed by atoms with van der Waals surface area (Å²) in [7, 11) is 0. The quantitative estimate of drug-likeness (QED) is 0.747. The summed E-state index contributed by atoms with van der Waals surface area (Å²) in [5, 5.41) is 3.12. The third-order valence-electron chi connectivity index (χ3n) is 4.64. The lowest BCUT2D eigenvalue weighted by atomic mass is 10.0. The minimum atomic E-state index is -0.553. The molecule has 3 rings (SSSR count). The standard InChI is InChI=1S/C16H19ClN4O4S/c1-16(19-10(22)4-6-21-11(23)2-3-12(21)24)5-7-20(8-16)15(25)13-14(17)18-9-26-13/h9H,2-8H2,1H3,(H,19,22). The van der Waals surface area contributed by atoms with Gasteiger partial charge >= 0.3 is 0 Å². The second-order valence-electron chi connectivity index (χ2n) is 6.75. The molecule has 2 fully saturated rings. The lowest BCUT2D eigenvalue weighted by Crippen LogP contribution is -2.49. The van der Waals surface area contributed by atoms with E-state index >= 15 is 0 Å². The van der Waals surface area contributed by atoms with Crippen LogP contribution in [0.1, 0.15) is 42.3 Å². The maximum absolute atomic E-state index is 12.5. The van der Waals surface area contributed by atoms with Crippen LogP contribution in [0, 0.1) is 0 Å². The molecule has 0 radical (unpaired) electrons. The van der Waals surface area contributed by atoms with Gasteiger partial charge in [-0.3, -0.25) is 24.1 Å². The summed E-state index contributed by atoms with van der Waals surface area (Å²) >= 11 is 7.11. The number of hydrogen-bond donors (Lipinski definition) is 1. The van der Waals surface area contributed by atoms with Crippen molar-refractivity contribution in [2.75, 3.05) is 19.6 Å². The zero-order valence-corrected chi connectivity index (χ0v) is 15.9. The molecule has 1 aromatic rings. The van der Waals surface area contributed by atoms with Gasteiger partial charge in [-0.1, -0.05) is 11.6 Å². The zero-order chi connectivity index (χ0) is 18.9. The first-order valence-corrected chi connectivity index (χ1v) is 9.57. The van der Waals surface area contributed by atoms with Crippen molar-refractivity contribution in [3.63, 3.8) is 0 Å². The van der Waals surface area contributed by atoms with E-state index in [1.807, 2.05) is 6.92 Å². The highest BCUT2D eigenvalue weighted by molar-refractivity contribution is 7.12. The number of carbonyl (C=O) groups is 4. The van der Waals surface area contributed by atoms with E-state index in [0.717, 1.165) is 4.90 Å². The number of imide groups is 1. The van der Waals surface area contributed by atoms with Crippen molar-refractivity contribution in [3.8, 4) is 0 Å². The molecule has 140 valence electrons. The van der Waals surface area contributed by atoms with Gasteiger partial charge in [-0.05, 0) is 13.3 Å². The highest BCUT2D eigenvalue weighted by atomic mass is 35.5. The maximum atomic E-state index is 12.5. The average molecular weight is 399 g/mol. The van der Waals surface area contributed by atoms with Gasteiger partial charge < -0.3 is 10.2 Å². The summed E-state index contributed by atoms with van der Waals surface area (Å²) in [6.45, 7) is 2.84. The Morgan fingerprint density at radius 2 is 2.04 bits per heavy atom. The van der Waals surface area contributed by atoms with Crippen molar-refractivity contribution < 1.29 is 19.2 Å². The van der Waals surface area contributed by atoms with Gasteiger partial charge in [0.25, 0.3) is 5.91 Å². The van der Waals surface area contributed by atoms with Crippen molar-refractivity contribution in [2.24, 2.45) is 0 Å². The predicted octanol–water partition coefficient (Wildman–Crippen LogP) is 1.06. The number of aromatic nitrogens is 1. The Hall–Kier alpha value is -2.00. The molecule has 10 heteroatoms. The third-order valence-corrected chi connectivity index (χ3v) is 5.85. The van der Waals surface area contributed by atoms with Crippen LogP contribution in [0.3, 0.4) is 0 Å². The molecular formula is C16H19ClN4O4S. The molecule has 0 spiro atoms. The Bertz CT molecular complexity index is 751. The topological polar surface area (TPSA) is 99.7 Å². The first kappa shape index (κ1) is 18.8. The lowest BCUT2D eigenvalue weighted by molar-refractivity contribution is -0.138. The average Bonchev–Trinajstić information content (AvgIpc) is 3.26. The molecule has 1 aromatic heterocycles. The normalized spacial score (nSPS) is 23.0. The number of amides is 4. The van der Waals surface area contributed by atoms with Crippen molar-refractivity contribution in [1.82, 2.24) is 20.1 Å². The highest BCUT2D eigenvalue weighted by Gasteiger charge is 2.38. The van der Waals surface area contributed by atoms with Crippen LogP contribution < -0.4 is 5.32 Å². The SMILES string of the molecule is CC1(NC(=O)CCN2C(=O)CCC2=O)CCN(C(=O)c2scnc2Cl)C1. The molecule has 3 heterocycles. The molecule has 2 aliphatic heterocycles. The van der Waals surface area contributed by atoms with E-state index in [4.69, 9.17) is 11.6 Å². The van der Waals surface area contributed by atoms with Crippen molar-refractivity contribution in [2.45, 2.75) is 38.1 Å². The second-order valence-corrected chi connectivity index (χ2v) is 7.96. The number of thiazole rings is 1. The first-order chi connectivity index (χ1) is 12.3. The minimum absolute atomic E-state index is 0.0572. The number of nitrogens with one attached hydrogen (secondary N) is 1. The fourth-order valence-electron chi connectivity index (χ4n) is 3.24. The van der Waals surface area contributed by atoms with Gasteiger partial charge in [0.2, 0.25) is 17.7 Å². The molecule has 0 aliphatic carbocycles. The molecular weight excluding hydrogens is 380 g/mol. The van der Waals surface area contributed by atoms with Crippen LogP contribution >= 0.6 is 22.9 Å². The zero-order valence-electron chi connectivity index (χ0n) is 14.3. The van der Waals surface area contributed by atoms with Crippen molar-refractivity contribution in [1.29, 1.82) is 0 Å². The van der Waals surface area contributed by atoms with E-state index in [1.54, 1.807) is 4.90 Å². The molecule has 2 aliphatic rings. The molecule has 26 heavy (non-hydrogen) atoms. The van der Waals surface area contributed by atoms with Crippen LogP contribution in [0.15, 0.2) is 5.51 Å². The van der Waals surface area contributed by atoms with Crippen LogP contribution in [-0.2, 0) is 14.4 Å². The summed E-state index contributed by atoms with van der Waals surface area (Å²) in [5.41, 5.74) is 0.969. The third kappa shape index (κ3) is 3.88. The van der Waals surface area contributed by atoms with E-state index in [2.05, 4.69) is 10.3 Å². The number of nitrogens with zero attached hydrogens (tertiary/aromatic N) is 3. The smallest absolute Gasteiger partial charge is 0.267 e. The number of halogens is 1. The van der Waals surface area contributed by atoms with Crippen LogP contribution in [-0.4, -0.2) is 63.6 Å². The Balaban J connectivity index is 1.52. The predicted molar refractivity (Wildman–Crippen MR) is 94.8 cm³/mol. The maximum Gasteiger partial charge on any atom is 0.267 e. The van der Waals surface area contributed by atoms with Gasteiger partial charge in [0.15, 0.2) is 5.15 Å². The molecule has 1 atom stereocenters. The van der Waals surface area contributed by atoms with E-state index in [0.29, 0.717) is 24.4 Å². The van der Waals surface area contributed by atoms with Gasteiger partial charge in [-0.2, -0.15) is 0 Å². The number of likely N-dealkylation sites (tertiary alicyclic amines) is 2. The van der Waals surface area contributed by atoms with Gasteiger partial charge in [-0.25, -0.2) is 4.98 Å². The molecule has 0 saturated carbocycles. The minimum Gasteiger partial charge on any atom is -0.349 e. The molecule has 0 aromatic carbocycles. The summed E-state index contributed by atoms with van der Waals surface area (Å²) in [5.74, 6) is -0.893. The largest absolute Gasteiger partial charge is 0.349 e. The van der Waals surface area contributed by atoms with Gasteiger partial charge in [0.05, 0.1) is 11.0 Å². The Morgan fingerprint density at radius 1 is 1.35 bits per heavy atom. The van der Waals surface area contributed by atoms with E-state index in [9.17, 15) is 19.2 Å². The van der Waals surface area contributed by atoms with E-state index in [1.165, 1.54) is 16.8 Å². The molecule has 2 saturated heterocycles. The lowest BCUT2D eigenvalue weighted by Gasteiger charge is -2.26. The summed E-state index contributed by atoms with van der Waals surface area (Å²) in [6.07, 6.45) is 1.11. The van der Waals surface area contributed by atoms with E-state index in [-0.39, 0.29) is 54.6 Å². The number of carbonyl (C=O) groups excluding carboxylic acids is 4. The van der Waals surface area contributed by atoms with E-state index < -0.39 is 5.54 Å². The van der Waals surface area contributed by atoms with Crippen molar-refractivity contribution >= 4 is 46.6 Å². The van der Waals surface area contributed by atoms with Crippen LogP contribution in [0.2, 0.25) is 5.15 Å². The number of hydrogen-bond acceptors (Lipinski definition) is 6. The fourth-order valence-corrected chi connectivity index (χ4v) is 4.20. The Morgan fingerprint density at radius 3 is 2.65 bits per heavy atom. The fraction of sp³-hybridized carbons (Fsp3) is 0.562. The van der Waals surface area contributed by atoms with Gasteiger partial charge in [0.1, 0.15) is 4.88 Å². The highest BCUT2D eigenvalue weighted by Crippen LogP contribution is 2.26. The van der Waals surface area contributed by atoms with Crippen LogP contribution in [0.5, 0.6) is 0 Å². The number of rotatable bonds is 5. The van der Waals surface area contributed by atoms with Crippen LogP contribution in [0.25, 0.3) is 0 Å². The molecule has 4 amide bonds. The molecule has 1 N–H and O–H groups in total. The van der Waals surface area contributed by atoms with Gasteiger partial charge in [0, 0.05) is 38.9 Å². The van der Waals surface area contributed by atoms with Gasteiger partial charge in [-0.15, -0.1) is 11.3 Å².